The molecule has 0 spiro atoms. The molecule has 0 amide bonds. The van der Waals surface area contributed by atoms with Crippen LogP contribution >= 0.6 is 0 Å². The van der Waals surface area contributed by atoms with E-state index >= 15 is 0 Å². The summed E-state index contributed by atoms with van der Waals surface area (Å²) in [5.41, 5.74) is 1.42. The third-order valence-corrected chi connectivity index (χ3v) is 4.08. The summed E-state index contributed by atoms with van der Waals surface area (Å²) < 4.78 is 23.3. The first kappa shape index (κ1) is 14.4. The largest absolute Gasteiger partial charge is 0.293 e. The number of carbonyl (C=O) groups excluding carboxylic acids is 1. The molecule has 18 heavy (non-hydrogen) atoms. The fourth-order valence-electron chi connectivity index (χ4n) is 1.47. The molecule has 5 heteroatoms. The van der Waals surface area contributed by atoms with Gasteiger partial charge >= 0.3 is 0 Å². The molecule has 0 saturated carbocycles. The third-order valence-electron chi connectivity index (χ3n) is 2.47. The molecule has 0 heterocycles. The minimum atomic E-state index is -3.41. The van der Waals surface area contributed by atoms with Crippen LogP contribution in [0.1, 0.15) is 28.8 Å². The molecule has 0 atom stereocenters. The second-order valence-electron chi connectivity index (χ2n) is 4.14. The number of aryl methyl sites for hydroxylation is 1. The average molecular weight is 265 g/mol. The molecule has 0 saturated heterocycles. The van der Waals surface area contributed by atoms with Crippen molar-refractivity contribution in [3.05, 3.63) is 35.4 Å². The van der Waals surface area contributed by atoms with Gasteiger partial charge in [0.2, 0.25) is 0 Å². The van der Waals surface area contributed by atoms with E-state index in [1.807, 2.05) is 13.0 Å². The molecule has 0 N–H and O–H groups in total. The Labute approximate surface area is 107 Å². The van der Waals surface area contributed by atoms with E-state index < -0.39 is 21.4 Å². The monoisotopic (exact) mass is 265 g/mol. The van der Waals surface area contributed by atoms with Crippen LogP contribution in [-0.2, 0) is 9.84 Å². The topological polar surface area (TPSA) is 75.0 Å². The van der Waals surface area contributed by atoms with Gasteiger partial charge in [-0.25, -0.2) is 8.42 Å². The van der Waals surface area contributed by atoms with Crippen LogP contribution in [0.25, 0.3) is 0 Å². The number of nitriles is 1. The molecule has 0 aromatic heterocycles. The van der Waals surface area contributed by atoms with Crippen molar-refractivity contribution < 1.29 is 13.2 Å². The van der Waals surface area contributed by atoms with E-state index in [9.17, 15) is 13.2 Å². The lowest BCUT2D eigenvalue weighted by atomic mass is 10.1. The number of unbranched alkanes of at least 4 members (excludes halogenated alkanes) is 1. The molecule has 0 unspecified atom stereocenters. The van der Waals surface area contributed by atoms with Gasteiger partial charge in [-0.05, 0) is 13.3 Å². The van der Waals surface area contributed by atoms with E-state index in [4.69, 9.17) is 5.26 Å². The quantitative estimate of drug-likeness (QED) is 0.581. The summed E-state index contributed by atoms with van der Waals surface area (Å²) >= 11 is 0. The predicted molar refractivity (Wildman–Crippen MR) is 69.0 cm³/mol. The van der Waals surface area contributed by atoms with Gasteiger partial charge in [0.25, 0.3) is 0 Å². The highest BCUT2D eigenvalue weighted by Gasteiger charge is 2.17. The van der Waals surface area contributed by atoms with Gasteiger partial charge in [-0.15, -0.1) is 0 Å². The summed E-state index contributed by atoms with van der Waals surface area (Å²) in [5, 5.41) is 8.34. The Balaban J connectivity index is 2.64. The van der Waals surface area contributed by atoms with Gasteiger partial charge in [0.15, 0.2) is 15.6 Å². The Morgan fingerprint density at radius 2 is 1.89 bits per heavy atom. The van der Waals surface area contributed by atoms with Crippen LogP contribution in [0.4, 0.5) is 0 Å². The van der Waals surface area contributed by atoms with Gasteiger partial charge in [0.1, 0.15) is 5.75 Å². The number of rotatable bonds is 6. The Bertz CT molecular complexity index is 553. The molecule has 0 aliphatic carbocycles. The molecular formula is C13H15NO3S. The van der Waals surface area contributed by atoms with Gasteiger partial charge in [0, 0.05) is 12.0 Å². The lowest BCUT2D eigenvalue weighted by molar-refractivity contribution is 0.102. The summed E-state index contributed by atoms with van der Waals surface area (Å²) in [6.45, 7) is 1.90. The molecule has 1 aromatic carbocycles. The van der Waals surface area contributed by atoms with E-state index in [2.05, 4.69) is 0 Å². The van der Waals surface area contributed by atoms with Crippen LogP contribution in [0.5, 0.6) is 0 Å². The van der Waals surface area contributed by atoms with Gasteiger partial charge in [-0.2, -0.15) is 5.26 Å². The average Bonchev–Trinajstić information content (AvgIpc) is 2.29. The number of benzene rings is 1. The van der Waals surface area contributed by atoms with Crippen molar-refractivity contribution in [3.8, 4) is 6.07 Å². The fourth-order valence-corrected chi connectivity index (χ4v) is 2.76. The maximum atomic E-state index is 11.8. The van der Waals surface area contributed by atoms with Crippen LogP contribution in [0, 0.1) is 18.3 Å². The summed E-state index contributed by atoms with van der Waals surface area (Å²) in [7, 11) is -3.41. The van der Waals surface area contributed by atoms with E-state index in [1.165, 1.54) is 0 Å². The van der Waals surface area contributed by atoms with Crippen molar-refractivity contribution in [2.75, 3.05) is 11.5 Å². The first-order valence-corrected chi connectivity index (χ1v) is 7.44. The zero-order valence-corrected chi connectivity index (χ0v) is 11.0. The van der Waals surface area contributed by atoms with Crippen LogP contribution in [0.2, 0.25) is 0 Å². The molecule has 0 aliphatic heterocycles. The predicted octanol–water partition coefficient (Wildman–Crippen LogP) is 1.90. The molecular weight excluding hydrogens is 250 g/mol. The van der Waals surface area contributed by atoms with Crippen molar-refractivity contribution in [3.63, 3.8) is 0 Å². The number of hydrogen-bond acceptors (Lipinski definition) is 4. The second kappa shape index (κ2) is 6.31. The SMILES string of the molecule is Cc1ccc(C(=O)CS(=O)(=O)CCCC#N)cc1. The Morgan fingerprint density at radius 1 is 1.28 bits per heavy atom. The van der Waals surface area contributed by atoms with E-state index in [0.29, 0.717) is 5.56 Å². The van der Waals surface area contributed by atoms with Crippen molar-refractivity contribution in [1.29, 1.82) is 5.26 Å². The highest BCUT2D eigenvalue weighted by molar-refractivity contribution is 7.92. The summed E-state index contributed by atoms with van der Waals surface area (Å²) in [6.07, 6.45) is 0.470. The summed E-state index contributed by atoms with van der Waals surface area (Å²) in [4.78, 5) is 11.8. The van der Waals surface area contributed by atoms with Crippen LogP contribution in [0.3, 0.4) is 0 Å². The first-order chi connectivity index (χ1) is 8.44. The van der Waals surface area contributed by atoms with Crippen molar-refractivity contribution in [2.24, 2.45) is 0 Å². The van der Waals surface area contributed by atoms with Gasteiger partial charge in [-0.3, -0.25) is 4.79 Å². The Hall–Kier alpha value is -1.67. The molecule has 1 rings (SSSR count). The van der Waals surface area contributed by atoms with Crippen LogP contribution < -0.4 is 0 Å². The minimum Gasteiger partial charge on any atom is -0.293 e. The minimum absolute atomic E-state index is 0.113. The third kappa shape index (κ3) is 4.68. The van der Waals surface area contributed by atoms with Crippen molar-refractivity contribution >= 4 is 15.6 Å². The highest BCUT2D eigenvalue weighted by Crippen LogP contribution is 2.07. The van der Waals surface area contributed by atoms with Crippen LogP contribution in [-0.4, -0.2) is 25.7 Å². The lowest BCUT2D eigenvalue weighted by Crippen LogP contribution is -2.19. The number of nitrogens with zero attached hydrogens (tertiary/aromatic N) is 1. The van der Waals surface area contributed by atoms with Crippen molar-refractivity contribution in [2.45, 2.75) is 19.8 Å². The van der Waals surface area contributed by atoms with E-state index in [-0.39, 0.29) is 18.6 Å². The number of Topliss-reactive ketones (excluding diaryl/α,β-unsaturated/α-hetero) is 1. The second-order valence-corrected chi connectivity index (χ2v) is 6.33. The lowest BCUT2D eigenvalue weighted by Gasteiger charge is -2.03. The number of hydrogen-bond donors (Lipinski definition) is 0. The summed E-state index contributed by atoms with van der Waals surface area (Å²) in [5.74, 6) is -0.994. The maximum Gasteiger partial charge on any atom is 0.177 e. The molecule has 0 bridgehead atoms. The zero-order valence-electron chi connectivity index (χ0n) is 10.2. The van der Waals surface area contributed by atoms with E-state index in [0.717, 1.165) is 5.56 Å². The highest BCUT2D eigenvalue weighted by atomic mass is 32.2. The number of carbonyl (C=O) groups is 1. The van der Waals surface area contributed by atoms with Gasteiger partial charge in [-0.1, -0.05) is 29.8 Å². The smallest absolute Gasteiger partial charge is 0.177 e. The molecule has 1 aromatic rings. The van der Waals surface area contributed by atoms with E-state index in [1.54, 1.807) is 24.3 Å². The molecule has 96 valence electrons. The summed E-state index contributed by atoms with van der Waals surface area (Å²) in [6, 6.07) is 8.68. The van der Waals surface area contributed by atoms with Gasteiger partial charge in [0.05, 0.1) is 11.8 Å². The normalized spacial score (nSPS) is 10.9. The van der Waals surface area contributed by atoms with Crippen molar-refractivity contribution in [1.82, 2.24) is 0 Å². The van der Waals surface area contributed by atoms with Gasteiger partial charge < -0.3 is 0 Å². The van der Waals surface area contributed by atoms with Crippen LogP contribution in [0.15, 0.2) is 24.3 Å². The molecule has 4 nitrogen and oxygen atoms in total. The molecule has 0 aliphatic rings. The Morgan fingerprint density at radius 3 is 2.44 bits per heavy atom. The maximum absolute atomic E-state index is 11.8. The fraction of sp³-hybridized carbons (Fsp3) is 0.385. The number of ketones is 1. The standard InChI is InChI=1S/C13H15NO3S/c1-11-4-6-12(7-5-11)13(15)10-18(16,17)9-3-2-8-14/h4-7H,2-3,9-10H2,1H3. The number of sulfone groups is 1. The first-order valence-electron chi connectivity index (χ1n) is 5.62. The molecule has 0 radical (unpaired) electrons. The Kier molecular flexibility index (Phi) is 5.05. The molecule has 0 fully saturated rings. The zero-order chi connectivity index (χ0) is 13.6.